The highest BCUT2D eigenvalue weighted by Gasteiger charge is 2.36. The molecule has 19 heavy (non-hydrogen) atoms. The van der Waals surface area contributed by atoms with Crippen LogP contribution in [0.15, 0.2) is 0 Å². The van der Waals surface area contributed by atoms with Gasteiger partial charge < -0.3 is 13.9 Å². The van der Waals surface area contributed by atoms with Gasteiger partial charge in [-0.05, 0) is 32.0 Å². The largest absolute Gasteiger partial charge is 0.417 e. The zero-order chi connectivity index (χ0) is 14.5. The van der Waals surface area contributed by atoms with E-state index in [-0.39, 0.29) is 18.5 Å². The molecule has 0 aliphatic carbocycles. The van der Waals surface area contributed by atoms with Crippen LogP contribution in [0.4, 0.5) is 0 Å². The van der Waals surface area contributed by atoms with E-state index < -0.39 is 14.1 Å². The van der Waals surface area contributed by atoms with Crippen molar-refractivity contribution in [1.82, 2.24) is 0 Å². The molecule has 0 amide bonds. The van der Waals surface area contributed by atoms with Crippen LogP contribution in [-0.2, 0) is 18.7 Å². The van der Waals surface area contributed by atoms with Gasteiger partial charge in [-0.2, -0.15) is 0 Å². The van der Waals surface area contributed by atoms with E-state index >= 15 is 0 Å². The van der Waals surface area contributed by atoms with E-state index in [0.29, 0.717) is 13.0 Å². The third-order valence-electron chi connectivity index (χ3n) is 4.07. The fourth-order valence-electron chi connectivity index (χ4n) is 2.44. The minimum absolute atomic E-state index is 0.0275. The van der Waals surface area contributed by atoms with Crippen LogP contribution in [0, 0.1) is 0 Å². The minimum Gasteiger partial charge on any atom is -0.417 e. The summed E-state index contributed by atoms with van der Waals surface area (Å²) < 4.78 is 17.1. The summed E-state index contributed by atoms with van der Waals surface area (Å²) in [4.78, 5) is 11.8. The predicted molar refractivity (Wildman–Crippen MR) is 77.7 cm³/mol. The molecule has 0 N–H and O–H groups in total. The van der Waals surface area contributed by atoms with Crippen LogP contribution in [-0.4, -0.2) is 39.2 Å². The summed E-state index contributed by atoms with van der Waals surface area (Å²) >= 11 is 0. The molecule has 0 radical (unpaired) electrons. The molecule has 1 aliphatic heterocycles. The second-order valence-corrected chi connectivity index (χ2v) is 10.4. The Balaban J connectivity index is 2.45. The molecule has 0 aromatic rings. The maximum Gasteiger partial charge on any atom is 0.191 e. The van der Waals surface area contributed by atoms with Crippen LogP contribution in [0.3, 0.4) is 0 Å². The number of carbonyl (C=O) groups is 1. The summed E-state index contributed by atoms with van der Waals surface area (Å²) in [6.45, 7) is 11.1. The van der Waals surface area contributed by atoms with Crippen molar-refractivity contribution in [3.8, 4) is 0 Å². The Morgan fingerprint density at radius 1 is 1.26 bits per heavy atom. The Bertz CT molecular complexity index is 292. The van der Waals surface area contributed by atoms with Crippen LogP contribution < -0.4 is 0 Å². The topological polar surface area (TPSA) is 44.8 Å². The van der Waals surface area contributed by atoms with Crippen molar-refractivity contribution < 1.29 is 18.7 Å². The number of ketones is 1. The molecular formula is C14H28O4Si. The van der Waals surface area contributed by atoms with Gasteiger partial charge in [0.15, 0.2) is 19.9 Å². The second kappa shape index (κ2) is 6.97. The zero-order valence-electron chi connectivity index (χ0n) is 13.0. The van der Waals surface area contributed by atoms with Gasteiger partial charge in [-0.1, -0.05) is 20.8 Å². The number of Topliss-reactive ketones (excluding diaryl/α,β-unsaturated/α-hetero) is 1. The molecule has 1 heterocycles. The predicted octanol–water partition coefficient (Wildman–Crippen LogP) is 3.12. The van der Waals surface area contributed by atoms with E-state index in [0.717, 1.165) is 18.1 Å². The monoisotopic (exact) mass is 288 g/mol. The third kappa shape index (κ3) is 4.67. The quantitative estimate of drug-likeness (QED) is 0.675. The van der Waals surface area contributed by atoms with Gasteiger partial charge in [-0.3, -0.25) is 4.79 Å². The summed E-state index contributed by atoms with van der Waals surface area (Å²) in [5.41, 5.74) is 0. The molecule has 1 saturated heterocycles. The smallest absolute Gasteiger partial charge is 0.191 e. The van der Waals surface area contributed by atoms with Gasteiger partial charge in [0.25, 0.3) is 0 Å². The fourth-order valence-corrected chi connectivity index (χ4v) is 5.10. The van der Waals surface area contributed by atoms with Crippen molar-refractivity contribution in [3.05, 3.63) is 0 Å². The van der Waals surface area contributed by atoms with Gasteiger partial charge >= 0.3 is 0 Å². The van der Waals surface area contributed by atoms with Gasteiger partial charge in [-0.25, -0.2) is 0 Å². The number of hydrogen-bond donors (Lipinski definition) is 0. The fraction of sp³-hybridized carbons (Fsp3) is 0.929. The number of rotatable bonds is 7. The Hall–Kier alpha value is -0.233. The van der Waals surface area contributed by atoms with Crippen molar-refractivity contribution in [2.75, 3.05) is 13.2 Å². The average Bonchev–Trinajstić information content (AvgIpc) is 2.39. The molecule has 1 atom stereocenters. The lowest BCUT2D eigenvalue weighted by atomic mass is 10.1. The lowest BCUT2D eigenvalue weighted by molar-refractivity contribution is -0.259. The van der Waals surface area contributed by atoms with Gasteiger partial charge in [0.05, 0.1) is 0 Å². The first-order valence-corrected chi connectivity index (χ1v) is 9.89. The van der Waals surface area contributed by atoms with Crippen molar-refractivity contribution in [1.29, 1.82) is 0 Å². The highest BCUT2D eigenvalue weighted by atomic mass is 28.4. The Morgan fingerprint density at radius 2 is 1.84 bits per heavy atom. The van der Waals surface area contributed by atoms with Gasteiger partial charge in [0, 0.05) is 13.0 Å². The Labute approximate surface area is 117 Å². The lowest BCUT2D eigenvalue weighted by Crippen LogP contribution is -2.47. The van der Waals surface area contributed by atoms with Gasteiger partial charge in [-0.15, -0.1) is 0 Å². The molecule has 0 aromatic carbocycles. The van der Waals surface area contributed by atoms with Crippen molar-refractivity contribution in [2.45, 2.75) is 71.1 Å². The number of hydrogen-bond acceptors (Lipinski definition) is 4. The highest BCUT2D eigenvalue weighted by Crippen LogP contribution is 2.24. The van der Waals surface area contributed by atoms with Crippen molar-refractivity contribution in [3.63, 3.8) is 0 Å². The number of ether oxygens (including phenoxy) is 2. The molecule has 1 unspecified atom stereocenters. The normalized spacial score (nSPS) is 23.6. The van der Waals surface area contributed by atoms with Gasteiger partial charge in [0.1, 0.15) is 12.7 Å². The van der Waals surface area contributed by atoms with E-state index in [2.05, 4.69) is 20.8 Å². The highest BCUT2D eigenvalue weighted by molar-refractivity contribution is 6.73. The van der Waals surface area contributed by atoms with Crippen molar-refractivity contribution in [2.24, 2.45) is 0 Å². The molecule has 0 aromatic heterocycles. The van der Waals surface area contributed by atoms with E-state index in [1.807, 2.05) is 13.8 Å². The van der Waals surface area contributed by atoms with E-state index in [1.165, 1.54) is 0 Å². The third-order valence-corrected chi connectivity index (χ3v) is 8.75. The zero-order valence-corrected chi connectivity index (χ0v) is 14.0. The minimum atomic E-state index is -1.56. The number of carbonyl (C=O) groups excluding carboxylic acids is 1. The summed E-state index contributed by atoms with van der Waals surface area (Å²) in [7, 11) is -1.56. The summed E-state index contributed by atoms with van der Waals surface area (Å²) in [6.07, 6.45) is 0.265. The second-order valence-electron chi connectivity index (χ2n) is 5.64. The Kier molecular flexibility index (Phi) is 6.17. The van der Waals surface area contributed by atoms with E-state index in [1.54, 1.807) is 0 Å². The molecule has 0 spiro atoms. The van der Waals surface area contributed by atoms with Crippen LogP contribution in [0.1, 0.15) is 41.0 Å². The van der Waals surface area contributed by atoms with Crippen LogP contribution in [0.2, 0.25) is 18.1 Å². The van der Waals surface area contributed by atoms with E-state index in [9.17, 15) is 4.79 Å². The maximum absolute atomic E-state index is 11.8. The van der Waals surface area contributed by atoms with Crippen molar-refractivity contribution >= 4 is 14.1 Å². The molecule has 1 fully saturated rings. The molecule has 5 heteroatoms. The molecule has 4 nitrogen and oxygen atoms in total. The molecular weight excluding hydrogens is 260 g/mol. The molecule has 112 valence electrons. The average molecular weight is 288 g/mol. The molecule has 0 saturated carbocycles. The first-order valence-electron chi connectivity index (χ1n) is 7.36. The Morgan fingerprint density at radius 3 is 2.37 bits per heavy atom. The maximum atomic E-state index is 11.8. The van der Waals surface area contributed by atoms with Crippen LogP contribution in [0.5, 0.6) is 0 Å². The SMILES string of the molecule is CC[Si](CC)(CC)OCCC1OC(C)(C)OCC1=O. The molecule has 1 aliphatic rings. The summed E-state index contributed by atoms with van der Waals surface area (Å²) in [5, 5.41) is 0. The van der Waals surface area contributed by atoms with Gasteiger partial charge in [0.2, 0.25) is 0 Å². The first kappa shape index (κ1) is 16.8. The lowest BCUT2D eigenvalue weighted by Gasteiger charge is -2.35. The first-order chi connectivity index (χ1) is 8.88. The summed E-state index contributed by atoms with van der Waals surface area (Å²) in [5.74, 6) is -0.632. The van der Waals surface area contributed by atoms with Crippen LogP contribution >= 0.6 is 0 Å². The molecule has 1 rings (SSSR count). The molecule has 0 bridgehead atoms. The van der Waals surface area contributed by atoms with E-state index in [4.69, 9.17) is 13.9 Å². The standard InChI is InChI=1S/C14H28O4Si/c1-6-19(7-2,8-3)17-10-9-13-12(15)11-16-14(4,5)18-13/h13H,6-11H2,1-5H3. The summed E-state index contributed by atoms with van der Waals surface area (Å²) in [6, 6.07) is 3.40. The van der Waals surface area contributed by atoms with Crippen LogP contribution in [0.25, 0.3) is 0 Å².